The Morgan fingerprint density at radius 2 is 2.43 bits per heavy atom. The summed E-state index contributed by atoms with van der Waals surface area (Å²) in [6.07, 6.45) is 1.55. The summed E-state index contributed by atoms with van der Waals surface area (Å²) in [6, 6.07) is 0.199. The van der Waals surface area contributed by atoms with E-state index in [4.69, 9.17) is 4.74 Å². The highest BCUT2D eigenvalue weighted by molar-refractivity contribution is 5.96. The van der Waals surface area contributed by atoms with Crippen molar-refractivity contribution in [2.24, 2.45) is 0 Å². The minimum Gasteiger partial charge on any atom is -0.475 e. The van der Waals surface area contributed by atoms with Gasteiger partial charge in [0.1, 0.15) is 12.2 Å². The molecule has 76 valence electrons. The first-order chi connectivity index (χ1) is 6.70. The van der Waals surface area contributed by atoms with Crippen LogP contribution in [0.15, 0.2) is 6.20 Å². The molecule has 1 aliphatic rings. The van der Waals surface area contributed by atoms with Gasteiger partial charge in [0.25, 0.3) is 5.91 Å². The second kappa shape index (κ2) is 3.32. The van der Waals surface area contributed by atoms with Crippen molar-refractivity contribution in [2.45, 2.75) is 19.9 Å². The third-order valence-corrected chi connectivity index (χ3v) is 2.11. The molecule has 5 nitrogen and oxygen atoms in total. The Balaban J connectivity index is 2.45. The summed E-state index contributed by atoms with van der Waals surface area (Å²) < 4.78 is 7.19. The number of fused-ring (bicyclic) bond motifs is 1. The predicted molar refractivity (Wildman–Crippen MR) is 50.4 cm³/mol. The van der Waals surface area contributed by atoms with Crippen molar-refractivity contribution < 1.29 is 9.53 Å². The number of rotatable bonds is 1. The SMILES string of the molecule is CC(C)n1ncc2c1OCCNC2=O. The maximum absolute atomic E-state index is 11.5. The molecule has 0 bridgehead atoms. The molecule has 1 amide bonds. The highest BCUT2D eigenvalue weighted by Gasteiger charge is 2.22. The van der Waals surface area contributed by atoms with E-state index >= 15 is 0 Å². The number of hydrogen-bond acceptors (Lipinski definition) is 3. The summed E-state index contributed by atoms with van der Waals surface area (Å²) >= 11 is 0. The predicted octanol–water partition coefficient (Wildman–Crippen LogP) is 0.586. The first-order valence-electron chi connectivity index (χ1n) is 4.68. The lowest BCUT2D eigenvalue weighted by Crippen LogP contribution is -2.24. The standard InChI is InChI=1S/C9H13N3O2/c1-6(2)12-9-7(5-11-12)8(13)10-3-4-14-9/h5-6H,3-4H2,1-2H3,(H,10,13). The van der Waals surface area contributed by atoms with Crippen LogP contribution < -0.4 is 10.1 Å². The third kappa shape index (κ3) is 1.34. The van der Waals surface area contributed by atoms with Gasteiger partial charge >= 0.3 is 0 Å². The average molecular weight is 195 g/mol. The molecular weight excluding hydrogens is 182 g/mol. The smallest absolute Gasteiger partial charge is 0.258 e. The molecule has 0 aliphatic carbocycles. The largest absolute Gasteiger partial charge is 0.475 e. The van der Waals surface area contributed by atoms with E-state index in [2.05, 4.69) is 10.4 Å². The van der Waals surface area contributed by atoms with Gasteiger partial charge in [0.05, 0.1) is 18.8 Å². The molecule has 0 fully saturated rings. The van der Waals surface area contributed by atoms with Gasteiger partial charge in [-0.1, -0.05) is 0 Å². The molecule has 14 heavy (non-hydrogen) atoms. The summed E-state index contributed by atoms with van der Waals surface area (Å²) in [5, 5.41) is 6.86. The van der Waals surface area contributed by atoms with Crippen molar-refractivity contribution in [1.82, 2.24) is 15.1 Å². The Hall–Kier alpha value is -1.52. The van der Waals surface area contributed by atoms with Crippen molar-refractivity contribution in [2.75, 3.05) is 13.2 Å². The molecule has 1 N–H and O–H groups in total. The lowest BCUT2D eigenvalue weighted by Gasteiger charge is -2.10. The number of carbonyl (C=O) groups excluding carboxylic acids is 1. The van der Waals surface area contributed by atoms with E-state index in [0.717, 1.165) is 0 Å². The van der Waals surface area contributed by atoms with Gasteiger partial charge in [0.2, 0.25) is 5.88 Å². The van der Waals surface area contributed by atoms with Crippen molar-refractivity contribution in [1.29, 1.82) is 0 Å². The molecule has 2 heterocycles. The lowest BCUT2D eigenvalue weighted by molar-refractivity contribution is 0.0957. The van der Waals surface area contributed by atoms with Crippen LogP contribution >= 0.6 is 0 Å². The summed E-state index contributed by atoms with van der Waals surface area (Å²) in [5.74, 6) is 0.472. The second-order valence-electron chi connectivity index (χ2n) is 3.51. The Labute approximate surface area is 82.0 Å². The average Bonchev–Trinajstić information content (AvgIpc) is 2.48. The van der Waals surface area contributed by atoms with Gasteiger partial charge in [-0.15, -0.1) is 0 Å². The van der Waals surface area contributed by atoms with Gasteiger partial charge in [-0.05, 0) is 13.8 Å². The zero-order valence-electron chi connectivity index (χ0n) is 8.28. The topological polar surface area (TPSA) is 56.1 Å². The Bertz CT molecular complexity index is 357. The number of ether oxygens (including phenoxy) is 1. The van der Waals surface area contributed by atoms with Crippen LogP contribution in [0.4, 0.5) is 0 Å². The van der Waals surface area contributed by atoms with Crippen LogP contribution in [0.3, 0.4) is 0 Å². The van der Waals surface area contributed by atoms with Crippen LogP contribution in [0.25, 0.3) is 0 Å². The van der Waals surface area contributed by atoms with Crippen molar-refractivity contribution in [3.05, 3.63) is 11.8 Å². The highest BCUT2D eigenvalue weighted by Crippen LogP contribution is 2.23. The maximum Gasteiger partial charge on any atom is 0.258 e. The molecule has 1 aromatic rings. The number of nitrogens with one attached hydrogen (secondary N) is 1. The molecular formula is C9H13N3O2. The molecule has 0 saturated carbocycles. The fourth-order valence-electron chi connectivity index (χ4n) is 1.43. The molecule has 1 aromatic heterocycles. The number of amides is 1. The van der Waals surface area contributed by atoms with E-state index in [1.165, 1.54) is 0 Å². The minimum atomic E-state index is -0.107. The number of nitrogens with zero attached hydrogens (tertiary/aromatic N) is 2. The molecule has 0 aromatic carbocycles. The molecule has 2 rings (SSSR count). The lowest BCUT2D eigenvalue weighted by atomic mass is 10.3. The zero-order valence-corrected chi connectivity index (χ0v) is 8.28. The van der Waals surface area contributed by atoms with Gasteiger partial charge in [-0.2, -0.15) is 5.10 Å². The molecule has 0 radical (unpaired) electrons. The van der Waals surface area contributed by atoms with E-state index in [9.17, 15) is 4.79 Å². The van der Waals surface area contributed by atoms with E-state index in [0.29, 0.717) is 24.6 Å². The normalized spacial score (nSPS) is 15.8. The Morgan fingerprint density at radius 1 is 1.64 bits per heavy atom. The molecule has 0 atom stereocenters. The maximum atomic E-state index is 11.5. The Morgan fingerprint density at radius 3 is 3.14 bits per heavy atom. The van der Waals surface area contributed by atoms with Crippen molar-refractivity contribution >= 4 is 5.91 Å². The minimum absolute atomic E-state index is 0.107. The molecule has 0 spiro atoms. The van der Waals surface area contributed by atoms with Gasteiger partial charge in [0, 0.05) is 0 Å². The van der Waals surface area contributed by atoms with E-state index in [-0.39, 0.29) is 11.9 Å². The molecule has 5 heteroatoms. The van der Waals surface area contributed by atoms with E-state index < -0.39 is 0 Å². The van der Waals surface area contributed by atoms with Crippen LogP contribution in [0.5, 0.6) is 5.88 Å². The number of aromatic nitrogens is 2. The van der Waals surface area contributed by atoms with Crippen LogP contribution in [0.2, 0.25) is 0 Å². The first-order valence-corrected chi connectivity index (χ1v) is 4.68. The summed E-state index contributed by atoms with van der Waals surface area (Å²) in [7, 11) is 0. The summed E-state index contributed by atoms with van der Waals surface area (Å²) in [4.78, 5) is 11.5. The van der Waals surface area contributed by atoms with Crippen LogP contribution in [0, 0.1) is 0 Å². The zero-order chi connectivity index (χ0) is 10.1. The summed E-state index contributed by atoms with van der Waals surface area (Å²) in [5.41, 5.74) is 0.524. The van der Waals surface area contributed by atoms with E-state index in [1.54, 1.807) is 10.9 Å². The molecule has 0 unspecified atom stereocenters. The van der Waals surface area contributed by atoms with Crippen molar-refractivity contribution in [3.63, 3.8) is 0 Å². The quantitative estimate of drug-likeness (QED) is 0.713. The van der Waals surface area contributed by atoms with Crippen LogP contribution in [-0.4, -0.2) is 28.8 Å². The second-order valence-corrected chi connectivity index (χ2v) is 3.51. The molecule has 1 aliphatic heterocycles. The van der Waals surface area contributed by atoms with Gasteiger partial charge in [0.15, 0.2) is 0 Å². The van der Waals surface area contributed by atoms with E-state index in [1.807, 2.05) is 13.8 Å². The number of hydrogen-bond donors (Lipinski definition) is 1. The summed E-state index contributed by atoms with van der Waals surface area (Å²) in [6.45, 7) is 5.04. The number of carbonyl (C=O) groups is 1. The van der Waals surface area contributed by atoms with Gasteiger partial charge < -0.3 is 10.1 Å². The fourth-order valence-corrected chi connectivity index (χ4v) is 1.43. The molecule has 0 saturated heterocycles. The van der Waals surface area contributed by atoms with Gasteiger partial charge in [-0.3, -0.25) is 4.79 Å². The highest BCUT2D eigenvalue weighted by atomic mass is 16.5. The third-order valence-electron chi connectivity index (χ3n) is 2.11. The van der Waals surface area contributed by atoms with Crippen LogP contribution in [0.1, 0.15) is 30.2 Å². The van der Waals surface area contributed by atoms with Crippen molar-refractivity contribution in [3.8, 4) is 5.88 Å². The van der Waals surface area contributed by atoms with Gasteiger partial charge in [-0.25, -0.2) is 4.68 Å². The monoisotopic (exact) mass is 195 g/mol. The Kier molecular flexibility index (Phi) is 2.15. The first kappa shape index (κ1) is 9.05. The van der Waals surface area contributed by atoms with Crippen LogP contribution in [-0.2, 0) is 0 Å². The fraction of sp³-hybridized carbons (Fsp3) is 0.556.